The fourth-order valence-corrected chi connectivity index (χ4v) is 3.07. The molecule has 2 aromatic rings. The van der Waals surface area contributed by atoms with Gasteiger partial charge >= 0.3 is 6.03 Å². The van der Waals surface area contributed by atoms with Crippen molar-refractivity contribution in [2.75, 3.05) is 24.3 Å². The van der Waals surface area contributed by atoms with Crippen LogP contribution in [0.15, 0.2) is 59.8 Å². The van der Waals surface area contributed by atoms with E-state index in [1.54, 1.807) is 31.2 Å². The highest BCUT2D eigenvalue weighted by Gasteiger charge is 2.31. The first-order chi connectivity index (χ1) is 12.8. The molecule has 3 rings (SSSR count). The van der Waals surface area contributed by atoms with Crippen LogP contribution in [0.25, 0.3) is 0 Å². The van der Waals surface area contributed by atoms with Gasteiger partial charge in [-0.2, -0.15) is 0 Å². The van der Waals surface area contributed by atoms with E-state index in [1.165, 1.54) is 0 Å². The van der Waals surface area contributed by atoms with Crippen LogP contribution in [0.2, 0.25) is 5.02 Å². The summed E-state index contributed by atoms with van der Waals surface area (Å²) >= 11 is 5.89. The first kappa shape index (κ1) is 18.8. The Kier molecular flexibility index (Phi) is 5.37. The number of hydrogen-bond acceptors (Lipinski definition) is 3. The molecule has 0 unspecified atom stereocenters. The Morgan fingerprint density at radius 1 is 1.07 bits per heavy atom. The predicted molar refractivity (Wildman–Crippen MR) is 108 cm³/mol. The maximum absolute atomic E-state index is 12.9. The van der Waals surface area contributed by atoms with Gasteiger partial charge in [0.1, 0.15) is 0 Å². The lowest BCUT2D eigenvalue weighted by molar-refractivity contribution is -0.113. The molecule has 3 N–H and O–H groups in total. The second-order valence-corrected chi connectivity index (χ2v) is 6.95. The molecule has 3 amide bonds. The van der Waals surface area contributed by atoms with Gasteiger partial charge in [0.05, 0.1) is 11.6 Å². The van der Waals surface area contributed by atoms with Gasteiger partial charge in [-0.1, -0.05) is 23.7 Å². The number of nitrogens with one attached hydrogen (secondary N) is 3. The lowest BCUT2D eigenvalue weighted by atomic mass is 9.94. The standard InChI is InChI=1S/C20H21ClN4O2/c1-12-17(19(26)23-15-8-6-14(21)7-9-15)18(24-20(27)22-12)13-4-10-16(11-5-13)25(2)3/h4-11,18H,1-3H3,(H,23,26)(H2,22,24,27)/t18-/m1/s1. The van der Waals surface area contributed by atoms with E-state index < -0.39 is 6.04 Å². The molecule has 0 saturated heterocycles. The number of hydrogen-bond donors (Lipinski definition) is 3. The minimum Gasteiger partial charge on any atom is -0.378 e. The van der Waals surface area contributed by atoms with E-state index in [1.807, 2.05) is 43.3 Å². The number of carbonyl (C=O) groups is 2. The minimum atomic E-state index is -0.540. The number of rotatable bonds is 4. The molecule has 0 bridgehead atoms. The molecule has 0 radical (unpaired) electrons. The van der Waals surface area contributed by atoms with E-state index >= 15 is 0 Å². The van der Waals surface area contributed by atoms with Gasteiger partial charge in [-0.05, 0) is 48.9 Å². The third kappa shape index (κ3) is 4.23. The zero-order chi connectivity index (χ0) is 19.6. The highest BCUT2D eigenvalue weighted by atomic mass is 35.5. The van der Waals surface area contributed by atoms with Crippen molar-refractivity contribution in [3.05, 3.63) is 70.4 Å². The Labute approximate surface area is 163 Å². The maximum Gasteiger partial charge on any atom is 0.319 e. The van der Waals surface area contributed by atoms with Crippen molar-refractivity contribution in [3.8, 4) is 0 Å². The normalized spacial score (nSPS) is 16.4. The first-order valence-corrected chi connectivity index (χ1v) is 8.85. The van der Waals surface area contributed by atoms with Crippen molar-refractivity contribution in [2.24, 2.45) is 0 Å². The summed E-state index contributed by atoms with van der Waals surface area (Å²) in [6.45, 7) is 1.72. The molecule has 1 heterocycles. The molecule has 0 spiro atoms. The zero-order valence-electron chi connectivity index (χ0n) is 15.3. The Hall–Kier alpha value is -2.99. The summed E-state index contributed by atoms with van der Waals surface area (Å²) in [7, 11) is 3.91. The lowest BCUT2D eigenvalue weighted by Gasteiger charge is -2.29. The Morgan fingerprint density at radius 3 is 2.30 bits per heavy atom. The second kappa shape index (κ2) is 7.72. The summed E-state index contributed by atoms with van der Waals surface area (Å²) in [5, 5.41) is 8.96. The molecule has 6 nitrogen and oxygen atoms in total. The predicted octanol–water partition coefficient (Wildman–Crippen LogP) is 3.67. The summed E-state index contributed by atoms with van der Waals surface area (Å²) in [6, 6.07) is 13.7. The van der Waals surface area contributed by atoms with Gasteiger partial charge in [-0.25, -0.2) is 4.79 Å². The van der Waals surface area contributed by atoms with Crippen LogP contribution in [0.4, 0.5) is 16.2 Å². The molecule has 1 aliphatic rings. The molecule has 0 aromatic heterocycles. The monoisotopic (exact) mass is 384 g/mol. The smallest absolute Gasteiger partial charge is 0.319 e. The summed E-state index contributed by atoms with van der Waals surface area (Å²) in [5.74, 6) is -0.288. The van der Waals surface area contributed by atoms with Crippen molar-refractivity contribution in [2.45, 2.75) is 13.0 Å². The van der Waals surface area contributed by atoms with Crippen LogP contribution in [0.1, 0.15) is 18.5 Å². The topological polar surface area (TPSA) is 73.5 Å². The van der Waals surface area contributed by atoms with Crippen LogP contribution in [0, 0.1) is 0 Å². The summed E-state index contributed by atoms with van der Waals surface area (Å²) in [6.07, 6.45) is 0. The van der Waals surface area contributed by atoms with Gasteiger partial charge in [0.2, 0.25) is 0 Å². The lowest BCUT2D eigenvalue weighted by Crippen LogP contribution is -2.45. The van der Waals surface area contributed by atoms with E-state index in [0.29, 0.717) is 22.0 Å². The summed E-state index contributed by atoms with van der Waals surface area (Å²) in [5.41, 5.74) is 3.47. The van der Waals surface area contributed by atoms with Gasteiger partial charge in [0, 0.05) is 36.2 Å². The van der Waals surface area contributed by atoms with Crippen molar-refractivity contribution in [3.63, 3.8) is 0 Å². The molecular weight excluding hydrogens is 364 g/mol. The molecular formula is C20H21ClN4O2. The number of benzene rings is 2. The molecule has 27 heavy (non-hydrogen) atoms. The molecule has 7 heteroatoms. The van der Waals surface area contributed by atoms with E-state index in [0.717, 1.165) is 11.3 Å². The van der Waals surface area contributed by atoms with E-state index in [2.05, 4.69) is 16.0 Å². The second-order valence-electron chi connectivity index (χ2n) is 6.52. The van der Waals surface area contributed by atoms with Crippen LogP contribution in [-0.2, 0) is 4.79 Å². The molecule has 1 atom stereocenters. The minimum absolute atomic E-state index is 0.288. The zero-order valence-corrected chi connectivity index (χ0v) is 16.1. The SMILES string of the molecule is CC1=C(C(=O)Nc2ccc(Cl)cc2)[C@@H](c2ccc(N(C)C)cc2)NC(=O)N1. The van der Waals surface area contributed by atoms with Gasteiger partial charge in [-0.3, -0.25) is 4.79 Å². The average Bonchev–Trinajstić information content (AvgIpc) is 2.63. The Balaban J connectivity index is 1.91. The van der Waals surface area contributed by atoms with Gasteiger partial charge in [0.25, 0.3) is 5.91 Å². The van der Waals surface area contributed by atoms with E-state index in [4.69, 9.17) is 11.6 Å². The highest BCUT2D eigenvalue weighted by Crippen LogP contribution is 2.29. The van der Waals surface area contributed by atoms with Gasteiger partial charge in [0.15, 0.2) is 0 Å². The van der Waals surface area contributed by atoms with Gasteiger partial charge < -0.3 is 20.9 Å². The third-order valence-electron chi connectivity index (χ3n) is 4.36. The third-order valence-corrected chi connectivity index (χ3v) is 4.61. The number of amides is 3. The largest absolute Gasteiger partial charge is 0.378 e. The van der Waals surface area contributed by atoms with Crippen molar-refractivity contribution in [1.82, 2.24) is 10.6 Å². The molecule has 0 fully saturated rings. The number of anilines is 2. The summed E-state index contributed by atoms with van der Waals surface area (Å²) in [4.78, 5) is 26.9. The number of halogens is 1. The van der Waals surface area contributed by atoms with Crippen molar-refractivity contribution in [1.29, 1.82) is 0 Å². The first-order valence-electron chi connectivity index (χ1n) is 8.47. The maximum atomic E-state index is 12.9. The quantitative estimate of drug-likeness (QED) is 0.753. The number of urea groups is 1. The fourth-order valence-electron chi connectivity index (χ4n) is 2.94. The molecule has 1 aliphatic heterocycles. The molecule has 2 aromatic carbocycles. The fraction of sp³-hybridized carbons (Fsp3) is 0.200. The van der Waals surface area contributed by atoms with Crippen LogP contribution < -0.4 is 20.9 Å². The van der Waals surface area contributed by atoms with Gasteiger partial charge in [-0.15, -0.1) is 0 Å². The van der Waals surface area contributed by atoms with Crippen LogP contribution in [0.3, 0.4) is 0 Å². The molecule has 0 saturated carbocycles. The van der Waals surface area contributed by atoms with E-state index in [-0.39, 0.29) is 11.9 Å². The Morgan fingerprint density at radius 2 is 1.70 bits per heavy atom. The number of allylic oxidation sites excluding steroid dienone is 1. The Bertz CT molecular complexity index is 889. The highest BCUT2D eigenvalue weighted by molar-refractivity contribution is 6.30. The van der Waals surface area contributed by atoms with E-state index in [9.17, 15) is 9.59 Å². The molecule has 0 aliphatic carbocycles. The van der Waals surface area contributed by atoms with Crippen LogP contribution in [0.5, 0.6) is 0 Å². The average molecular weight is 385 g/mol. The van der Waals surface area contributed by atoms with Crippen LogP contribution >= 0.6 is 11.6 Å². The number of carbonyl (C=O) groups excluding carboxylic acids is 2. The summed E-state index contributed by atoms with van der Waals surface area (Å²) < 4.78 is 0. The van der Waals surface area contributed by atoms with Crippen molar-refractivity contribution < 1.29 is 9.59 Å². The van der Waals surface area contributed by atoms with Crippen molar-refractivity contribution >= 4 is 34.9 Å². The molecule has 140 valence electrons. The number of nitrogens with zero attached hydrogens (tertiary/aromatic N) is 1. The van der Waals surface area contributed by atoms with Crippen LogP contribution in [-0.4, -0.2) is 26.0 Å².